The highest BCUT2D eigenvalue weighted by Crippen LogP contribution is 2.19. The van der Waals surface area contributed by atoms with Gasteiger partial charge in [0.1, 0.15) is 5.82 Å². The first-order valence-electron chi connectivity index (χ1n) is 7.24. The van der Waals surface area contributed by atoms with Gasteiger partial charge in [-0.15, -0.1) is 0 Å². The lowest BCUT2D eigenvalue weighted by Crippen LogP contribution is -2.37. The van der Waals surface area contributed by atoms with E-state index >= 15 is 0 Å². The molecule has 0 radical (unpaired) electrons. The van der Waals surface area contributed by atoms with E-state index in [9.17, 15) is 10.1 Å². The number of para-hydroxylation sites is 1. The molecular formula is C17H20N4O. The first-order valence-corrected chi connectivity index (χ1v) is 7.24. The summed E-state index contributed by atoms with van der Waals surface area (Å²) in [6.07, 6.45) is 0. The standard InChI is InChI=1S/C17H20N4O/c1-17(2,3)16(22)20-9-8-19-15-10-12(11-18)13-6-4-5-7-14(13)21-15/h4-7,10H,8-9H2,1-3H3,(H,19,21)(H,20,22). The van der Waals surface area contributed by atoms with E-state index in [1.165, 1.54) is 0 Å². The van der Waals surface area contributed by atoms with Crippen molar-refractivity contribution in [3.8, 4) is 6.07 Å². The molecule has 2 aromatic rings. The maximum absolute atomic E-state index is 11.8. The van der Waals surface area contributed by atoms with Crippen molar-refractivity contribution in [1.82, 2.24) is 10.3 Å². The van der Waals surface area contributed by atoms with Crippen LogP contribution in [0.15, 0.2) is 30.3 Å². The van der Waals surface area contributed by atoms with Crippen molar-refractivity contribution in [2.45, 2.75) is 20.8 Å². The normalized spacial score (nSPS) is 11.0. The quantitative estimate of drug-likeness (QED) is 0.850. The third-order valence-electron chi connectivity index (χ3n) is 3.23. The number of nitrogens with one attached hydrogen (secondary N) is 2. The second-order valence-electron chi connectivity index (χ2n) is 6.12. The Morgan fingerprint density at radius 1 is 1.27 bits per heavy atom. The minimum Gasteiger partial charge on any atom is -0.368 e. The Kier molecular flexibility index (Phi) is 4.62. The maximum Gasteiger partial charge on any atom is 0.225 e. The van der Waals surface area contributed by atoms with E-state index in [1.807, 2.05) is 45.0 Å². The average molecular weight is 296 g/mol. The van der Waals surface area contributed by atoms with Crippen molar-refractivity contribution < 1.29 is 4.79 Å². The summed E-state index contributed by atoms with van der Waals surface area (Å²) in [6.45, 7) is 6.68. The summed E-state index contributed by atoms with van der Waals surface area (Å²) in [5, 5.41) is 16.1. The number of hydrogen-bond acceptors (Lipinski definition) is 4. The number of nitrogens with zero attached hydrogens (tertiary/aromatic N) is 2. The third kappa shape index (κ3) is 3.73. The Balaban J connectivity index is 2.01. The molecule has 0 saturated carbocycles. The molecule has 2 N–H and O–H groups in total. The van der Waals surface area contributed by atoms with Gasteiger partial charge in [-0.1, -0.05) is 39.0 Å². The smallest absolute Gasteiger partial charge is 0.225 e. The van der Waals surface area contributed by atoms with Crippen LogP contribution in [0.1, 0.15) is 26.3 Å². The van der Waals surface area contributed by atoms with Gasteiger partial charge in [-0.3, -0.25) is 4.79 Å². The minimum absolute atomic E-state index is 0.0125. The van der Waals surface area contributed by atoms with Gasteiger partial charge in [-0.25, -0.2) is 4.98 Å². The zero-order valence-electron chi connectivity index (χ0n) is 13.1. The van der Waals surface area contributed by atoms with Gasteiger partial charge in [0.15, 0.2) is 0 Å². The number of benzene rings is 1. The van der Waals surface area contributed by atoms with Crippen LogP contribution < -0.4 is 10.6 Å². The fraction of sp³-hybridized carbons (Fsp3) is 0.353. The number of nitriles is 1. The Hall–Kier alpha value is -2.61. The Morgan fingerprint density at radius 2 is 2.00 bits per heavy atom. The number of amides is 1. The number of carbonyl (C=O) groups is 1. The second kappa shape index (κ2) is 6.44. The predicted molar refractivity (Wildman–Crippen MR) is 87.4 cm³/mol. The van der Waals surface area contributed by atoms with E-state index in [0.717, 1.165) is 10.9 Å². The van der Waals surface area contributed by atoms with Crippen LogP contribution in [0.2, 0.25) is 0 Å². The molecule has 0 aliphatic rings. The van der Waals surface area contributed by atoms with E-state index in [0.29, 0.717) is 24.5 Å². The summed E-state index contributed by atoms with van der Waals surface area (Å²) in [5.74, 6) is 0.652. The Labute approximate surface area is 130 Å². The molecule has 2 rings (SSSR count). The average Bonchev–Trinajstić information content (AvgIpc) is 2.49. The molecule has 1 aromatic heterocycles. The van der Waals surface area contributed by atoms with Crippen molar-refractivity contribution in [2.24, 2.45) is 5.41 Å². The molecule has 0 unspecified atom stereocenters. The number of fused-ring (bicyclic) bond motifs is 1. The summed E-state index contributed by atoms with van der Waals surface area (Å²) in [7, 11) is 0. The first-order chi connectivity index (χ1) is 10.4. The van der Waals surface area contributed by atoms with E-state index in [2.05, 4.69) is 21.7 Å². The lowest BCUT2D eigenvalue weighted by Gasteiger charge is -2.17. The molecule has 0 fully saturated rings. The van der Waals surface area contributed by atoms with Crippen LogP contribution in [0.3, 0.4) is 0 Å². The van der Waals surface area contributed by atoms with Crippen molar-refractivity contribution in [3.63, 3.8) is 0 Å². The van der Waals surface area contributed by atoms with E-state index in [-0.39, 0.29) is 5.91 Å². The summed E-state index contributed by atoms with van der Waals surface area (Å²) in [4.78, 5) is 16.2. The van der Waals surface area contributed by atoms with Crippen LogP contribution in [0, 0.1) is 16.7 Å². The van der Waals surface area contributed by atoms with Gasteiger partial charge in [0.2, 0.25) is 5.91 Å². The predicted octanol–water partition coefficient (Wildman–Crippen LogP) is 2.68. The second-order valence-corrected chi connectivity index (χ2v) is 6.12. The van der Waals surface area contributed by atoms with Crippen molar-refractivity contribution in [1.29, 1.82) is 5.26 Å². The van der Waals surface area contributed by atoms with Crippen molar-refractivity contribution >= 4 is 22.6 Å². The van der Waals surface area contributed by atoms with Crippen LogP contribution in [0.4, 0.5) is 5.82 Å². The number of rotatable bonds is 4. The van der Waals surface area contributed by atoms with Gasteiger partial charge in [0.25, 0.3) is 0 Å². The monoisotopic (exact) mass is 296 g/mol. The fourth-order valence-corrected chi connectivity index (χ4v) is 1.99. The summed E-state index contributed by atoms with van der Waals surface area (Å²) >= 11 is 0. The highest BCUT2D eigenvalue weighted by Gasteiger charge is 2.20. The Morgan fingerprint density at radius 3 is 2.68 bits per heavy atom. The zero-order chi connectivity index (χ0) is 16.2. The van der Waals surface area contributed by atoms with E-state index in [4.69, 9.17) is 0 Å². The number of pyridine rings is 1. The molecule has 114 valence electrons. The molecule has 0 aliphatic heterocycles. The minimum atomic E-state index is -0.394. The van der Waals surface area contributed by atoms with Crippen molar-refractivity contribution in [2.75, 3.05) is 18.4 Å². The molecule has 0 saturated heterocycles. The number of hydrogen-bond donors (Lipinski definition) is 2. The fourth-order valence-electron chi connectivity index (χ4n) is 1.99. The van der Waals surface area contributed by atoms with Gasteiger partial charge in [0, 0.05) is 23.9 Å². The van der Waals surface area contributed by atoms with Crippen LogP contribution in [-0.4, -0.2) is 24.0 Å². The molecule has 5 heteroatoms. The highest BCUT2D eigenvalue weighted by molar-refractivity contribution is 5.86. The maximum atomic E-state index is 11.8. The molecule has 0 bridgehead atoms. The molecule has 1 heterocycles. The highest BCUT2D eigenvalue weighted by atomic mass is 16.2. The van der Waals surface area contributed by atoms with Gasteiger partial charge in [-0.2, -0.15) is 5.26 Å². The Bertz CT molecular complexity index is 725. The molecule has 1 aromatic carbocycles. The van der Waals surface area contributed by atoms with Gasteiger partial charge < -0.3 is 10.6 Å². The van der Waals surface area contributed by atoms with Gasteiger partial charge in [-0.05, 0) is 12.1 Å². The largest absolute Gasteiger partial charge is 0.368 e. The van der Waals surface area contributed by atoms with Crippen molar-refractivity contribution in [3.05, 3.63) is 35.9 Å². The van der Waals surface area contributed by atoms with E-state index in [1.54, 1.807) is 6.07 Å². The third-order valence-corrected chi connectivity index (χ3v) is 3.23. The summed E-state index contributed by atoms with van der Waals surface area (Å²) in [6, 6.07) is 11.5. The molecule has 5 nitrogen and oxygen atoms in total. The lowest BCUT2D eigenvalue weighted by molar-refractivity contribution is -0.128. The summed E-state index contributed by atoms with van der Waals surface area (Å²) < 4.78 is 0. The van der Waals surface area contributed by atoms with Crippen LogP contribution in [-0.2, 0) is 4.79 Å². The molecule has 1 amide bonds. The van der Waals surface area contributed by atoms with E-state index < -0.39 is 5.41 Å². The number of aromatic nitrogens is 1. The first kappa shape index (κ1) is 15.8. The lowest BCUT2D eigenvalue weighted by atomic mass is 9.96. The topological polar surface area (TPSA) is 77.8 Å². The van der Waals surface area contributed by atoms with Gasteiger partial charge >= 0.3 is 0 Å². The summed E-state index contributed by atoms with van der Waals surface area (Å²) in [5.41, 5.74) is 0.976. The molecule has 0 spiro atoms. The van der Waals surface area contributed by atoms with Gasteiger partial charge in [0.05, 0.1) is 17.1 Å². The molecular weight excluding hydrogens is 276 g/mol. The number of carbonyl (C=O) groups excluding carboxylic acids is 1. The SMILES string of the molecule is CC(C)(C)C(=O)NCCNc1cc(C#N)c2ccccc2n1. The van der Waals surface area contributed by atoms with Crippen LogP contribution in [0.25, 0.3) is 10.9 Å². The molecule has 0 atom stereocenters. The van der Waals surface area contributed by atoms with Crippen LogP contribution in [0.5, 0.6) is 0 Å². The molecule has 22 heavy (non-hydrogen) atoms. The van der Waals surface area contributed by atoms with Crippen LogP contribution >= 0.6 is 0 Å². The molecule has 0 aliphatic carbocycles. The number of anilines is 1. The zero-order valence-corrected chi connectivity index (χ0v) is 13.1.